The average Bonchev–Trinajstić information content (AvgIpc) is 2.42. The van der Waals surface area contributed by atoms with E-state index < -0.39 is 10.0 Å². The molecule has 0 fully saturated rings. The predicted octanol–water partition coefficient (Wildman–Crippen LogP) is 2.11. The average molecular weight is 314 g/mol. The van der Waals surface area contributed by atoms with Gasteiger partial charge in [-0.05, 0) is 29.0 Å². The molecule has 0 saturated heterocycles. The van der Waals surface area contributed by atoms with Gasteiger partial charge in [-0.2, -0.15) is 0 Å². The lowest BCUT2D eigenvalue weighted by Crippen LogP contribution is -2.33. The molecule has 1 aromatic rings. The van der Waals surface area contributed by atoms with Crippen molar-refractivity contribution in [1.29, 1.82) is 0 Å². The maximum absolute atomic E-state index is 12.4. The number of ether oxygens (including phenoxy) is 1. The Bertz CT molecular complexity index is 577. The number of methoxy groups -OCH3 is 1. The Morgan fingerprint density at radius 3 is 2.43 bits per heavy atom. The first-order valence-electron chi connectivity index (χ1n) is 6.98. The first kappa shape index (κ1) is 17.9. The molecule has 1 unspecified atom stereocenters. The summed E-state index contributed by atoms with van der Waals surface area (Å²) in [6, 6.07) is 4.89. The van der Waals surface area contributed by atoms with Crippen LogP contribution in [0.25, 0.3) is 0 Å². The van der Waals surface area contributed by atoms with E-state index in [9.17, 15) is 8.42 Å². The molecule has 1 rings (SSSR count). The summed E-state index contributed by atoms with van der Waals surface area (Å²) in [6.45, 7) is 9.00. The van der Waals surface area contributed by atoms with Crippen LogP contribution in [-0.4, -0.2) is 22.1 Å². The van der Waals surface area contributed by atoms with Gasteiger partial charge in [0.05, 0.1) is 7.11 Å². The smallest absolute Gasteiger partial charge is 0.244 e. The molecular weight excluding hydrogens is 288 g/mol. The normalized spacial score (nSPS) is 14.0. The van der Waals surface area contributed by atoms with Gasteiger partial charge in [-0.3, -0.25) is 0 Å². The SMILES string of the molecule is COc1cc(CN)ccc1S(=O)(=O)NCC(C)C(C)(C)C. The molecule has 0 aromatic heterocycles. The molecule has 0 aliphatic carbocycles. The van der Waals surface area contributed by atoms with Gasteiger partial charge in [0.1, 0.15) is 10.6 Å². The largest absolute Gasteiger partial charge is 0.495 e. The van der Waals surface area contributed by atoms with Crippen molar-refractivity contribution in [3.8, 4) is 5.75 Å². The van der Waals surface area contributed by atoms with E-state index >= 15 is 0 Å². The molecule has 0 amide bonds. The third kappa shape index (κ3) is 4.69. The van der Waals surface area contributed by atoms with Gasteiger partial charge in [-0.15, -0.1) is 0 Å². The van der Waals surface area contributed by atoms with Gasteiger partial charge in [0, 0.05) is 13.1 Å². The number of benzene rings is 1. The monoisotopic (exact) mass is 314 g/mol. The Labute approximate surface area is 127 Å². The Morgan fingerprint density at radius 2 is 1.95 bits per heavy atom. The summed E-state index contributed by atoms with van der Waals surface area (Å²) in [6.07, 6.45) is 0. The Hall–Kier alpha value is -1.11. The van der Waals surface area contributed by atoms with Crippen LogP contribution in [0, 0.1) is 11.3 Å². The Morgan fingerprint density at radius 1 is 1.33 bits per heavy atom. The molecule has 5 nitrogen and oxygen atoms in total. The number of sulfonamides is 1. The van der Waals surface area contributed by atoms with Crippen molar-refractivity contribution in [2.75, 3.05) is 13.7 Å². The molecule has 0 aliphatic heterocycles. The van der Waals surface area contributed by atoms with E-state index in [1.807, 2.05) is 6.92 Å². The Balaban J connectivity index is 2.98. The topological polar surface area (TPSA) is 81.4 Å². The lowest BCUT2D eigenvalue weighted by atomic mass is 9.82. The van der Waals surface area contributed by atoms with E-state index in [1.165, 1.54) is 13.2 Å². The Kier molecular flexibility index (Phi) is 5.78. The number of nitrogens with one attached hydrogen (secondary N) is 1. The van der Waals surface area contributed by atoms with Gasteiger partial charge in [-0.25, -0.2) is 13.1 Å². The summed E-state index contributed by atoms with van der Waals surface area (Å²) >= 11 is 0. The standard InChI is InChI=1S/C15H26N2O3S/c1-11(15(2,3)4)10-17-21(18,19)14-7-6-12(9-16)8-13(14)20-5/h6-8,11,17H,9-10,16H2,1-5H3. The lowest BCUT2D eigenvalue weighted by Gasteiger charge is -2.27. The molecule has 0 saturated carbocycles. The highest BCUT2D eigenvalue weighted by atomic mass is 32.2. The highest BCUT2D eigenvalue weighted by Gasteiger charge is 2.24. The molecular formula is C15H26N2O3S. The van der Waals surface area contributed by atoms with Gasteiger partial charge in [0.2, 0.25) is 10.0 Å². The number of rotatable bonds is 6. The van der Waals surface area contributed by atoms with Gasteiger partial charge in [-0.1, -0.05) is 33.8 Å². The van der Waals surface area contributed by atoms with Gasteiger partial charge in [0.15, 0.2) is 0 Å². The lowest BCUT2D eigenvalue weighted by molar-refractivity contribution is 0.263. The maximum atomic E-state index is 12.4. The van der Waals surface area contributed by atoms with Crippen molar-refractivity contribution < 1.29 is 13.2 Å². The van der Waals surface area contributed by atoms with Crippen LogP contribution in [0.5, 0.6) is 5.75 Å². The number of nitrogens with two attached hydrogens (primary N) is 1. The summed E-state index contributed by atoms with van der Waals surface area (Å²) < 4.78 is 32.7. The predicted molar refractivity (Wildman–Crippen MR) is 84.7 cm³/mol. The molecule has 0 spiro atoms. The first-order valence-corrected chi connectivity index (χ1v) is 8.46. The van der Waals surface area contributed by atoms with E-state index in [0.29, 0.717) is 18.8 Å². The quantitative estimate of drug-likeness (QED) is 0.842. The zero-order chi connectivity index (χ0) is 16.3. The molecule has 0 radical (unpaired) electrons. The molecule has 21 heavy (non-hydrogen) atoms. The van der Waals surface area contributed by atoms with Crippen molar-refractivity contribution >= 4 is 10.0 Å². The molecule has 1 atom stereocenters. The van der Waals surface area contributed by atoms with E-state index in [0.717, 1.165) is 5.56 Å². The van der Waals surface area contributed by atoms with Crippen LogP contribution >= 0.6 is 0 Å². The van der Waals surface area contributed by atoms with Crippen molar-refractivity contribution in [1.82, 2.24) is 4.72 Å². The highest BCUT2D eigenvalue weighted by molar-refractivity contribution is 7.89. The molecule has 0 bridgehead atoms. The first-order chi connectivity index (χ1) is 9.61. The van der Waals surface area contributed by atoms with Gasteiger partial charge < -0.3 is 10.5 Å². The van der Waals surface area contributed by atoms with Crippen LogP contribution < -0.4 is 15.2 Å². The van der Waals surface area contributed by atoms with Crippen molar-refractivity contribution in [3.63, 3.8) is 0 Å². The fraction of sp³-hybridized carbons (Fsp3) is 0.600. The van der Waals surface area contributed by atoms with Crippen molar-refractivity contribution in [3.05, 3.63) is 23.8 Å². The maximum Gasteiger partial charge on any atom is 0.244 e. The second-order valence-electron chi connectivity index (χ2n) is 6.31. The highest BCUT2D eigenvalue weighted by Crippen LogP contribution is 2.27. The summed E-state index contributed by atoms with van der Waals surface area (Å²) in [5.74, 6) is 0.524. The summed E-state index contributed by atoms with van der Waals surface area (Å²) in [5.41, 5.74) is 6.42. The summed E-state index contributed by atoms with van der Waals surface area (Å²) in [5, 5.41) is 0. The molecule has 0 aliphatic rings. The molecule has 6 heteroatoms. The van der Waals surface area contributed by atoms with Crippen molar-refractivity contribution in [2.45, 2.75) is 39.1 Å². The van der Waals surface area contributed by atoms with E-state index in [1.54, 1.807) is 12.1 Å². The van der Waals surface area contributed by atoms with Crippen LogP contribution in [0.4, 0.5) is 0 Å². The van der Waals surface area contributed by atoms with Crippen LogP contribution in [0.1, 0.15) is 33.3 Å². The molecule has 1 aromatic carbocycles. The summed E-state index contributed by atoms with van der Waals surface area (Å²) in [4.78, 5) is 0.142. The molecule has 120 valence electrons. The molecule has 0 heterocycles. The van der Waals surface area contributed by atoms with Gasteiger partial charge >= 0.3 is 0 Å². The minimum Gasteiger partial charge on any atom is -0.495 e. The third-order valence-corrected chi connectivity index (χ3v) is 5.27. The second-order valence-corrected chi connectivity index (χ2v) is 8.04. The van der Waals surface area contributed by atoms with E-state index in [4.69, 9.17) is 10.5 Å². The van der Waals surface area contributed by atoms with E-state index in [2.05, 4.69) is 25.5 Å². The van der Waals surface area contributed by atoms with Crippen LogP contribution in [0.15, 0.2) is 23.1 Å². The second kappa shape index (κ2) is 6.77. The zero-order valence-electron chi connectivity index (χ0n) is 13.4. The van der Waals surface area contributed by atoms with E-state index in [-0.39, 0.29) is 16.2 Å². The van der Waals surface area contributed by atoms with Gasteiger partial charge in [0.25, 0.3) is 0 Å². The summed E-state index contributed by atoms with van der Waals surface area (Å²) in [7, 11) is -2.15. The van der Waals surface area contributed by atoms with Crippen LogP contribution in [0.3, 0.4) is 0 Å². The number of hydrogen-bond acceptors (Lipinski definition) is 4. The zero-order valence-corrected chi connectivity index (χ0v) is 14.3. The number of hydrogen-bond donors (Lipinski definition) is 2. The van der Waals surface area contributed by atoms with Crippen LogP contribution in [0.2, 0.25) is 0 Å². The fourth-order valence-electron chi connectivity index (χ4n) is 1.68. The van der Waals surface area contributed by atoms with Crippen LogP contribution in [-0.2, 0) is 16.6 Å². The minimum atomic E-state index is -3.60. The molecule has 3 N–H and O–H groups in total. The van der Waals surface area contributed by atoms with Crippen molar-refractivity contribution in [2.24, 2.45) is 17.1 Å². The fourth-order valence-corrected chi connectivity index (χ4v) is 2.96. The minimum absolute atomic E-state index is 0.0377. The third-order valence-electron chi connectivity index (χ3n) is 3.81.